The van der Waals surface area contributed by atoms with E-state index in [-0.39, 0.29) is 44.5 Å². The lowest BCUT2D eigenvalue weighted by atomic mass is 9.85. The summed E-state index contributed by atoms with van der Waals surface area (Å²) in [7, 11) is 1.06. The van der Waals surface area contributed by atoms with Crippen LogP contribution in [-0.2, 0) is 75.8 Å². The molecule has 0 amide bonds. The van der Waals surface area contributed by atoms with Crippen LogP contribution in [-0.4, -0.2) is 170 Å². The summed E-state index contributed by atoms with van der Waals surface area (Å²) in [4.78, 5) is 131. The van der Waals surface area contributed by atoms with Gasteiger partial charge in [0.1, 0.15) is 43.7 Å². The molecule has 0 aromatic heterocycles. The zero-order chi connectivity index (χ0) is 75.6. The Morgan fingerprint density at radius 3 is 0.972 bits per heavy atom. The highest BCUT2D eigenvalue weighted by atomic mass is 35.6. The molecule has 11 rings (SSSR count). The second-order valence-electron chi connectivity index (χ2n) is 24.2. The van der Waals surface area contributed by atoms with E-state index in [4.69, 9.17) is 111 Å². The van der Waals surface area contributed by atoms with Crippen LogP contribution in [0.15, 0.2) is 243 Å². The van der Waals surface area contributed by atoms with Crippen molar-refractivity contribution in [1.29, 1.82) is 5.41 Å². The molecule has 7 unspecified atom stereocenters. The molecule has 3 saturated heterocycles. The van der Waals surface area contributed by atoms with Gasteiger partial charge in [-0.15, -0.1) is 0 Å². The smallest absolute Gasteiger partial charge is 0.338 e. The van der Waals surface area contributed by atoms with Gasteiger partial charge in [0, 0.05) is 0 Å². The number of nitrogens with one attached hydrogen (secondary N) is 1. The summed E-state index contributed by atoms with van der Waals surface area (Å²) in [6.07, 6.45) is -29.0. The molecule has 0 radical (unpaired) electrons. The van der Waals surface area contributed by atoms with Crippen molar-refractivity contribution in [2.45, 2.75) is 103 Å². The number of esters is 9. The number of hydrogen-bond acceptors (Lipinski definition) is 25. The highest BCUT2D eigenvalue weighted by Crippen LogP contribution is 2.42. The first-order valence-electron chi connectivity index (χ1n) is 33.4. The first kappa shape index (κ1) is 77.2. The molecule has 3 fully saturated rings. The molecule has 554 valence electrons. The molecule has 0 spiro atoms. The standard InChI is InChI=1S/C79H68Cl3NO24/c1-46-59(99-69(87)49-31-15-5-16-32-49)63(102-72(90)52-37-21-8-22-38-52)65(103-73(91)53-39-23-9-24-40-53)76(96-46)105-62-57(45-95-68(86)48-29-13-4-14-30-48)98-77(107-78(83)79(80,81)82)66(104-74(92)54-41-25-10-26-42-54)64(62)106-75-61(101-71(89)51-35-19-7-20-36-51)55(43-58(84)93-2)60(100-70(88)50-33-17-6-18-34-50)56(97-75)44-94-67(85)47-27-11-3-12-28-47/h3-42,46,55-57,59-66,75-77,83H,43-45H2,1-2H3/t46?,55?,56?,57?,59-,60-,61+,62-,63?,64?,65?,66+,75+,76+,77-/m1/s1. The topological polar surface area (TPSA) is 316 Å². The molecule has 3 aliphatic rings. The molecule has 0 bridgehead atoms. The predicted molar refractivity (Wildman–Crippen MR) is 378 cm³/mol. The quantitative estimate of drug-likeness (QED) is 0.0183. The summed E-state index contributed by atoms with van der Waals surface area (Å²) >= 11 is 19.1. The highest BCUT2D eigenvalue weighted by Gasteiger charge is 2.61. The molecule has 25 nitrogen and oxygen atoms in total. The van der Waals surface area contributed by atoms with Gasteiger partial charge in [-0.05, 0) is 104 Å². The molecule has 8 aromatic rings. The maximum Gasteiger partial charge on any atom is 0.338 e. The minimum Gasteiger partial charge on any atom is -0.469 e. The molecule has 3 aliphatic heterocycles. The number of benzene rings is 8. The van der Waals surface area contributed by atoms with Crippen LogP contribution in [0, 0.1) is 11.3 Å². The van der Waals surface area contributed by atoms with Gasteiger partial charge in [-0.2, -0.15) is 0 Å². The number of methoxy groups -OCH3 is 1. The van der Waals surface area contributed by atoms with Crippen molar-refractivity contribution in [3.05, 3.63) is 287 Å². The SMILES string of the molecule is COC(=O)CC1[C@@H](OC(=O)c2ccccc2)C(COC(=O)c2ccccc2)O[C@@H](OC2[C@H](O[C@@H]3OC(C)[C@@H](OC(=O)c4ccccc4)C(OC(=O)c4ccccc4)C3OC(=O)c3ccccc3)C(COC(=O)c3ccccc3)O[C@H](OC(=N)C(Cl)(Cl)Cl)[C@H]2OC(=O)c2ccccc2)[C@H]1OC(=O)c1ccccc1. The van der Waals surface area contributed by atoms with Crippen LogP contribution >= 0.6 is 34.8 Å². The second-order valence-corrected chi connectivity index (χ2v) is 26.5. The highest BCUT2D eigenvalue weighted by molar-refractivity contribution is 6.76. The Balaban J connectivity index is 1.13. The molecular weight excluding hydrogens is 1450 g/mol. The lowest BCUT2D eigenvalue weighted by molar-refractivity contribution is -0.377. The van der Waals surface area contributed by atoms with Crippen LogP contribution in [0.5, 0.6) is 0 Å². The van der Waals surface area contributed by atoms with Crippen LogP contribution < -0.4 is 0 Å². The molecular formula is C79H68Cl3NO24. The molecule has 28 heteroatoms. The molecule has 107 heavy (non-hydrogen) atoms. The van der Waals surface area contributed by atoms with Gasteiger partial charge < -0.3 is 71.1 Å². The zero-order valence-corrected chi connectivity index (χ0v) is 59.1. The number of carbonyl (C=O) groups excluding carboxylic acids is 9. The Labute approximate surface area is 627 Å². The minimum atomic E-state index is -2.73. The Morgan fingerprint density at radius 1 is 0.336 bits per heavy atom. The fourth-order valence-corrected chi connectivity index (χ4v) is 12.0. The Hall–Kier alpha value is -10.9. The summed E-state index contributed by atoms with van der Waals surface area (Å²) in [5.74, 6) is -12.1. The molecule has 0 saturated carbocycles. The van der Waals surface area contributed by atoms with E-state index < -0.39 is 175 Å². The number of carbonyl (C=O) groups is 9. The monoisotopic (exact) mass is 1520 g/mol. The van der Waals surface area contributed by atoms with Gasteiger partial charge in [0.25, 0.3) is 3.79 Å². The zero-order valence-electron chi connectivity index (χ0n) is 56.8. The third-order valence-electron chi connectivity index (χ3n) is 17.1. The van der Waals surface area contributed by atoms with E-state index in [0.717, 1.165) is 7.11 Å². The summed E-state index contributed by atoms with van der Waals surface area (Å²) in [6.45, 7) is -0.394. The van der Waals surface area contributed by atoms with E-state index in [1.807, 2.05) is 0 Å². The number of alkyl halides is 3. The van der Waals surface area contributed by atoms with Crippen molar-refractivity contribution in [2.24, 2.45) is 5.92 Å². The van der Waals surface area contributed by atoms with E-state index in [1.54, 1.807) is 109 Å². The maximum atomic E-state index is 15.1. The van der Waals surface area contributed by atoms with E-state index >= 15 is 4.79 Å². The largest absolute Gasteiger partial charge is 0.469 e. The minimum absolute atomic E-state index is 0.00220. The third-order valence-corrected chi connectivity index (χ3v) is 17.6. The van der Waals surface area contributed by atoms with Gasteiger partial charge in [-0.3, -0.25) is 10.2 Å². The number of rotatable bonds is 25. The van der Waals surface area contributed by atoms with Crippen molar-refractivity contribution < 1.29 is 114 Å². The van der Waals surface area contributed by atoms with Gasteiger partial charge in [0.2, 0.25) is 12.2 Å². The van der Waals surface area contributed by atoms with Crippen molar-refractivity contribution in [1.82, 2.24) is 0 Å². The summed E-state index contributed by atoms with van der Waals surface area (Å²) in [5, 5.41) is 9.04. The summed E-state index contributed by atoms with van der Waals surface area (Å²) in [5.41, 5.74) is -0.249. The Morgan fingerprint density at radius 2 is 0.617 bits per heavy atom. The van der Waals surface area contributed by atoms with Gasteiger partial charge in [0.15, 0.2) is 43.1 Å². The first-order chi connectivity index (χ1) is 51.7. The van der Waals surface area contributed by atoms with Gasteiger partial charge in [-0.1, -0.05) is 180 Å². The number of halogens is 3. The Bertz CT molecular complexity index is 4360. The first-order valence-corrected chi connectivity index (χ1v) is 34.5. The van der Waals surface area contributed by atoms with Crippen molar-refractivity contribution in [3.63, 3.8) is 0 Å². The van der Waals surface area contributed by atoms with E-state index in [0.29, 0.717) is 0 Å². The molecule has 8 aromatic carbocycles. The average molecular weight is 1520 g/mol. The van der Waals surface area contributed by atoms with Crippen LogP contribution in [0.3, 0.4) is 0 Å². The molecule has 15 atom stereocenters. The molecule has 3 heterocycles. The maximum absolute atomic E-state index is 15.1. The van der Waals surface area contributed by atoms with Crippen molar-refractivity contribution in [3.8, 4) is 0 Å². The number of ether oxygens (including phenoxy) is 15. The molecule has 1 N–H and O–H groups in total. The molecule has 0 aliphatic carbocycles. The number of hydrogen-bond donors (Lipinski definition) is 1. The lowest BCUT2D eigenvalue weighted by Crippen LogP contribution is -2.68. The van der Waals surface area contributed by atoms with Gasteiger partial charge in [0.05, 0.1) is 70.1 Å². The van der Waals surface area contributed by atoms with E-state index in [1.165, 1.54) is 140 Å². The van der Waals surface area contributed by atoms with Gasteiger partial charge in [-0.25, -0.2) is 38.4 Å². The summed E-state index contributed by atoms with van der Waals surface area (Å²) in [6, 6.07) is 60.4. The van der Waals surface area contributed by atoms with Crippen LogP contribution in [0.25, 0.3) is 0 Å². The van der Waals surface area contributed by atoms with E-state index in [2.05, 4.69) is 0 Å². The fraction of sp³-hybridized carbons (Fsp3) is 0.266. The summed E-state index contributed by atoms with van der Waals surface area (Å²) < 4.78 is 93.6. The lowest BCUT2D eigenvalue weighted by Gasteiger charge is -2.51. The average Bonchev–Trinajstić information content (AvgIpc) is 0.753. The van der Waals surface area contributed by atoms with Crippen LogP contribution in [0.1, 0.15) is 96.2 Å². The Kier molecular flexibility index (Phi) is 26.3. The van der Waals surface area contributed by atoms with Crippen LogP contribution in [0.2, 0.25) is 0 Å². The van der Waals surface area contributed by atoms with E-state index in [9.17, 15) is 38.4 Å². The third kappa shape index (κ3) is 20.0. The fourth-order valence-electron chi connectivity index (χ4n) is 11.8. The predicted octanol–water partition coefficient (Wildman–Crippen LogP) is 11.6. The van der Waals surface area contributed by atoms with Crippen molar-refractivity contribution >= 4 is 94.4 Å². The van der Waals surface area contributed by atoms with Gasteiger partial charge >= 0.3 is 53.7 Å². The van der Waals surface area contributed by atoms with Crippen molar-refractivity contribution in [2.75, 3.05) is 20.3 Å². The second kappa shape index (κ2) is 36.4. The normalized spacial score (nSPS) is 23.9. The van der Waals surface area contributed by atoms with Crippen LogP contribution in [0.4, 0.5) is 0 Å².